The second kappa shape index (κ2) is 2.31. The molecule has 0 aliphatic heterocycles. The molecule has 50 valence electrons. The number of rotatable bonds is 1. The molecule has 3 nitrogen and oxygen atoms in total. The second-order valence-electron chi connectivity index (χ2n) is 2.07. The summed E-state index contributed by atoms with van der Waals surface area (Å²) in [6.07, 6.45) is 0. The second-order valence-corrected chi connectivity index (χ2v) is 2.60. The summed E-state index contributed by atoms with van der Waals surface area (Å²) in [5.41, 5.74) is 1.00. The molecule has 0 saturated carbocycles. The predicted octanol–water partition coefficient (Wildman–Crippen LogP) is 0.913. The van der Waals surface area contributed by atoms with Crippen molar-refractivity contribution in [2.24, 2.45) is 0 Å². The van der Waals surface area contributed by atoms with Crippen LogP contribution in [0.4, 0.5) is 5.82 Å². The Balaban J connectivity index is 2.94. The molecule has 4 heteroatoms. The fraction of sp³-hybridized carbons (Fsp3) is 0.600. The van der Waals surface area contributed by atoms with Gasteiger partial charge in [0.2, 0.25) is 0 Å². The summed E-state index contributed by atoms with van der Waals surface area (Å²) in [6.45, 7) is 1.96. The molecule has 1 aromatic heterocycles. The molecule has 1 rings (SSSR count). The van der Waals surface area contributed by atoms with E-state index in [1.807, 2.05) is 25.9 Å². The van der Waals surface area contributed by atoms with Crippen molar-refractivity contribution >= 4 is 17.5 Å². The van der Waals surface area contributed by atoms with E-state index >= 15 is 0 Å². The van der Waals surface area contributed by atoms with E-state index in [1.165, 1.54) is 11.7 Å². The summed E-state index contributed by atoms with van der Waals surface area (Å²) < 4.78 is 8.10. The number of hydrogen-bond acceptors (Lipinski definition) is 4. The third kappa shape index (κ3) is 1.18. The van der Waals surface area contributed by atoms with Crippen LogP contribution in [0.25, 0.3) is 0 Å². The summed E-state index contributed by atoms with van der Waals surface area (Å²) in [4.78, 5) is 1.96. The highest BCUT2D eigenvalue weighted by Crippen LogP contribution is 2.12. The van der Waals surface area contributed by atoms with E-state index in [0.717, 1.165) is 11.5 Å². The van der Waals surface area contributed by atoms with Crippen molar-refractivity contribution < 1.29 is 0 Å². The molecule has 0 aromatic carbocycles. The van der Waals surface area contributed by atoms with E-state index in [-0.39, 0.29) is 0 Å². The molecule has 0 atom stereocenters. The lowest BCUT2D eigenvalue weighted by Crippen LogP contribution is -2.09. The van der Waals surface area contributed by atoms with Gasteiger partial charge in [-0.15, -0.1) is 0 Å². The molecule has 0 bridgehead atoms. The minimum atomic E-state index is 0.972. The first-order valence-electron chi connectivity index (χ1n) is 2.68. The fourth-order valence-electron chi connectivity index (χ4n) is 0.632. The van der Waals surface area contributed by atoms with Gasteiger partial charge >= 0.3 is 0 Å². The Morgan fingerprint density at radius 2 is 2.00 bits per heavy atom. The molecule has 0 saturated heterocycles. The van der Waals surface area contributed by atoms with E-state index in [9.17, 15) is 0 Å². The quantitative estimate of drug-likeness (QED) is 0.585. The molecule has 0 aliphatic carbocycles. The molecule has 0 amide bonds. The lowest BCUT2D eigenvalue weighted by molar-refractivity contribution is 1.07. The van der Waals surface area contributed by atoms with Gasteiger partial charge in [-0.05, 0) is 6.92 Å². The highest BCUT2D eigenvalue weighted by molar-refractivity contribution is 6.99. The largest absolute Gasteiger partial charge is 0.360 e. The van der Waals surface area contributed by atoms with Gasteiger partial charge in [0.05, 0.1) is 17.4 Å². The van der Waals surface area contributed by atoms with Crippen molar-refractivity contribution in [2.75, 3.05) is 19.0 Å². The first-order valence-corrected chi connectivity index (χ1v) is 3.41. The fourth-order valence-corrected chi connectivity index (χ4v) is 1.25. The minimum absolute atomic E-state index is 0.972. The minimum Gasteiger partial charge on any atom is -0.360 e. The van der Waals surface area contributed by atoms with Crippen molar-refractivity contribution in [1.82, 2.24) is 8.75 Å². The van der Waals surface area contributed by atoms with Crippen LogP contribution in [0.1, 0.15) is 5.69 Å². The van der Waals surface area contributed by atoms with Crippen molar-refractivity contribution in [3.05, 3.63) is 5.69 Å². The van der Waals surface area contributed by atoms with Crippen LogP contribution in [0.2, 0.25) is 0 Å². The third-order valence-electron chi connectivity index (χ3n) is 1.05. The normalized spacial score (nSPS) is 9.67. The highest BCUT2D eigenvalue weighted by Gasteiger charge is 2.02. The summed E-state index contributed by atoms with van der Waals surface area (Å²) in [5, 5.41) is 0. The van der Waals surface area contributed by atoms with Crippen LogP contribution in [0, 0.1) is 6.92 Å². The van der Waals surface area contributed by atoms with Crippen LogP contribution >= 0.6 is 11.7 Å². The molecule has 1 heterocycles. The Morgan fingerprint density at radius 3 is 2.22 bits per heavy atom. The standard InChI is InChI=1S/C5H9N3S/c1-4-5(8(2)3)7-9-6-4/h1-3H3. The van der Waals surface area contributed by atoms with Gasteiger partial charge in [0.15, 0.2) is 5.82 Å². The van der Waals surface area contributed by atoms with E-state index in [0.29, 0.717) is 0 Å². The van der Waals surface area contributed by atoms with E-state index < -0.39 is 0 Å². The Morgan fingerprint density at radius 1 is 1.33 bits per heavy atom. The number of hydrogen-bond donors (Lipinski definition) is 0. The van der Waals surface area contributed by atoms with Crippen molar-refractivity contribution in [3.8, 4) is 0 Å². The van der Waals surface area contributed by atoms with E-state index in [1.54, 1.807) is 0 Å². The van der Waals surface area contributed by atoms with Gasteiger partial charge in [0, 0.05) is 14.1 Å². The Bertz CT molecular complexity index is 194. The average molecular weight is 143 g/mol. The van der Waals surface area contributed by atoms with Crippen LogP contribution in [0.5, 0.6) is 0 Å². The zero-order valence-electron chi connectivity index (χ0n) is 5.75. The number of nitrogens with zero attached hydrogens (tertiary/aromatic N) is 3. The topological polar surface area (TPSA) is 29.0 Å². The third-order valence-corrected chi connectivity index (χ3v) is 1.66. The lowest BCUT2D eigenvalue weighted by atomic mass is 10.5. The van der Waals surface area contributed by atoms with Crippen molar-refractivity contribution in [3.63, 3.8) is 0 Å². The van der Waals surface area contributed by atoms with Gasteiger partial charge in [0.25, 0.3) is 0 Å². The van der Waals surface area contributed by atoms with Gasteiger partial charge in [0.1, 0.15) is 0 Å². The van der Waals surface area contributed by atoms with Crippen LogP contribution in [0.3, 0.4) is 0 Å². The molecule has 1 aromatic rings. The molecule has 0 radical (unpaired) electrons. The summed E-state index contributed by atoms with van der Waals surface area (Å²) >= 11 is 1.25. The molecular formula is C5H9N3S. The molecule has 0 spiro atoms. The van der Waals surface area contributed by atoms with Gasteiger partial charge in [-0.2, -0.15) is 8.75 Å². The Labute approximate surface area is 58.6 Å². The number of aromatic nitrogens is 2. The summed E-state index contributed by atoms with van der Waals surface area (Å²) in [6, 6.07) is 0. The molecule has 0 unspecified atom stereocenters. The van der Waals surface area contributed by atoms with Crippen LogP contribution in [0.15, 0.2) is 0 Å². The predicted molar refractivity (Wildman–Crippen MR) is 39.0 cm³/mol. The Kier molecular flexibility index (Phi) is 1.66. The maximum absolute atomic E-state index is 4.07. The monoisotopic (exact) mass is 143 g/mol. The summed E-state index contributed by atoms with van der Waals surface area (Å²) in [5.74, 6) is 0.972. The SMILES string of the molecule is Cc1nsnc1N(C)C. The van der Waals surface area contributed by atoms with E-state index in [2.05, 4.69) is 8.75 Å². The smallest absolute Gasteiger partial charge is 0.165 e. The van der Waals surface area contributed by atoms with Crippen molar-refractivity contribution in [2.45, 2.75) is 6.92 Å². The molecule has 9 heavy (non-hydrogen) atoms. The maximum Gasteiger partial charge on any atom is 0.165 e. The van der Waals surface area contributed by atoms with Gasteiger partial charge in [-0.1, -0.05) is 0 Å². The van der Waals surface area contributed by atoms with Gasteiger partial charge in [-0.3, -0.25) is 0 Å². The van der Waals surface area contributed by atoms with Crippen LogP contribution in [-0.4, -0.2) is 22.8 Å². The first kappa shape index (κ1) is 6.48. The molecule has 0 aliphatic rings. The zero-order valence-corrected chi connectivity index (χ0v) is 6.57. The van der Waals surface area contributed by atoms with Crippen LogP contribution in [-0.2, 0) is 0 Å². The molecule has 0 N–H and O–H groups in total. The Hall–Kier alpha value is -0.640. The van der Waals surface area contributed by atoms with Crippen LogP contribution < -0.4 is 4.90 Å². The summed E-state index contributed by atoms with van der Waals surface area (Å²) in [7, 11) is 3.92. The molecular weight excluding hydrogens is 134 g/mol. The van der Waals surface area contributed by atoms with Crippen molar-refractivity contribution in [1.29, 1.82) is 0 Å². The van der Waals surface area contributed by atoms with E-state index in [4.69, 9.17) is 0 Å². The van der Waals surface area contributed by atoms with Gasteiger partial charge in [-0.25, -0.2) is 0 Å². The highest BCUT2D eigenvalue weighted by atomic mass is 32.1. The van der Waals surface area contributed by atoms with Gasteiger partial charge < -0.3 is 4.90 Å². The average Bonchev–Trinajstić information content (AvgIpc) is 2.13. The lowest BCUT2D eigenvalue weighted by Gasteiger charge is -2.06. The zero-order chi connectivity index (χ0) is 6.85. The number of aryl methyl sites for hydroxylation is 1. The molecule has 0 fully saturated rings. The maximum atomic E-state index is 4.07. The first-order chi connectivity index (χ1) is 4.22. The number of anilines is 1.